The molecule has 3 aromatic carbocycles. The van der Waals surface area contributed by atoms with Crippen molar-refractivity contribution in [2.75, 3.05) is 11.9 Å². The van der Waals surface area contributed by atoms with Crippen LogP contribution in [0.2, 0.25) is 0 Å². The van der Waals surface area contributed by atoms with Gasteiger partial charge in [-0.2, -0.15) is 0 Å². The Kier molecular flexibility index (Phi) is 5.06. The monoisotopic (exact) mass is 373 g/mol. The van der Waals surface area contributed by atoms with Crippen LogP contribution in [-0.4, -0.2) is 17.6 Å². The van der Waals surface area contributed by atoms with Gasteiger partial charge in [0.15, 0.2) is 0 Å². The SMILES string of the molecule is O=C(NC[C@@H](c1ccccc1)c1c[nH]c2ccccc12)Nc1ccc(F)cc1. The third kappa shape index (κ3) is 3.88. The Balaban J connectivity index is 1.55. The highest BCUT2D eigenvalue weighted by Gasteiger charge is 2.19. The lowest BCUT2D eigenvalue weighted by Crippen LogP contribution is -2.32. The van der Waals surface area contributed by atoms with Gasteiger partial charge in [-0.1, -0.05) is 48.5 Å². The Morgan fingerprint density at radius 3 is 2.43 bits per heavy atom. The highest BCUT2D eigenvalue weighted by molar-refractivity contribution is 5.89. The van der Waals surface area contributed by atoms with Gasteiger partial charge in [-0.05, 0) is 41.5 Å². The van der Waals surface area contributed by atoms with Crippen LogP contribution in [0.4, 0.5) is 14.9 Å². The lowest BCUT2D eigenvalue weighted by atomic mass is 9.91. The van der Waals surface area contributed by atoms with Gasteiger partial charge in [-0.15, -0.1) is 0 Å². The van der Waals surface area contributed by atoms with Gasteiger partial charge in [-0.3, -0.25) is 0 Å². The summed E-state index contributed by atoms with van der Waals surface area (Å²) in [6.07, 6.45) is 2.00. The molecule has 140 valence electrons. The Hall–Kier alpha value is -3.60. The molecular weight excluding hydrogens is 353 g/mol. The maximum Gasteiger partial charge on any atom is 0.319 e. The van der Waals surface area contributed by atoms with Crippen molar-refractivity contribution >= 4 is 22.6 Å². The first-order valence-electron chi connectivity index (χ1n) is 9.12. The second kappa shape index (κ2) is 7.96. The topological polar surface area (TPSA) is 56.9 Å². The molecule has 1 atom stereocenters. The number of amides is 2. The maximum absolute atomic E-state index is 13.0. The van der Waals surface area contributed by atoms with Gasteiger partial charge in [-0.25, -0.2) is 9.18 Å². The number of carbonyl (C=O) groups excluding carboxylic acids is 1. The van der Waals surface area contributed by atoms with Crippen molar-refractivity contribution in [3.8, 4) is 0 Å². The normalized spacial score (nSPS) is 11.9. The number of fused-ring (bicyclic) bond motifs is 1. The average molecular weight is 373 g/mol. The van der Waals surface area contributed by atoms with E-state index in [0.29, 0.717) is 12.2 Å². The molecule has 2 amide bonds. The first kappa shape index (κ1) is 17.8. The molecule has 0 unspecified atom stereocenters. The zero-order valence-electron chi connectivity index (χ0n) is 15.2. The molecule has 0 bridgehead atoms. The van der Waals surface area contributed by atoms with Crippen LogP contribution in [0.15, 0.2) is 85.1 Å². The summed E-state index contributed by atoms with van der Waals surface area (Å²) >= 11 is 0. The molecule has 0 aliphatic rings. The predicted molar refractivity (Wildman–Crippen MR) is 110 cm³/mol. The number of anilines is 1. The molecule has 0 saturated heterocycles. The van der Waals surface area contributed by atoms with Crippen LogP contribution >= 0.6 is 0 Å². The first-order valence-corrected chi connectivity index (χ1v) is 9.12. The van der Waals surface area contributed by atoms with Crippen molar-refractivity contribution in [2.24, 2.45) is 0 Å². The van der Waals surface area contributed by atoms with E-state index < -0.39 is 0 Å². The van der Waals surface area contributed by atoms with Crippen molar-refractivity contribution in [3.63, 3.8) is 0 Å². The first-order chi connectivity index (χ1) is 13.7. The minimum absolute atomic E-state index is 0.00341. The quantitative estimate of drug-likeness (QED) is 0.439. The molecule has 0 saturated carbocycles. The predicted octanol–water partition coefficient (Wildman–Crippen LogP) is 5.26. The zero-order chi connectivity index (χ0) is 19.3. The number of urea groups is 1. The minimum atomic E-state index is -0.338. The molecular formula is C23H20FN3O. The largest absolute Gasteiger partial charge is 0.361 e. The van der Waals surface area contributed by atoms with E-state index >= 15 is 0 Å². The lowest BCUT2D eigenvalue weighted by Gasteiger charge is -2.18. The number of rotatable bonds is 5. The Bertz CT molecular complexity index is 1070. The van der Waals surface area contributed by atoms with Gasteiger partial charge in [0.2, 0.25) is 0 Å². The van der Waals surface area contributed by atoms with Crippen LogP contribution in [0.5, 0.6) is 0 Å². The van der Waals surface area contributed by atoms with E-state index in [9.17, 15) is 9.18 Å². The summed E-state index contributed by atoms with van der Waals surface area (Å²) in [6, 6.07) is 23.6. The Morgan fingerprint density at radius 2 is 1.64 bits per heavy atom. The lowest BCUT2D eigenvalue weighted by molar-refractivity contribution is 0.252. The summed E-state index contributed by atoms with van der Waals surface area (Å²) in [4.78, 5) is 15.6. The van der Waals surface area contributed by atoms with E-state index in [-0.39, 0.29) is 17.8 Å². The molecule has 0 fully saturated rings. The molecule has 4 aromatic rings. The molecule has 1 heterocycles. The summed E-state index contributed by atoms with van der Waals surface area (Å²) < 4.78 is 13.0. The Labute approximate surface area is 162 Å². The second-order valence-electron chi connectivity index (χ2n) is 6.59. The maximum atomic E-state index is 13.0. The van der Waals surface area contributed by atoms with E-state index in [1.54, 1.807) is 0 Å². The van der Waals surface area contributed by atoms with Crippen LogP contribution in [0.25, 0.3) is 10.9 Å². The van der Waals surface area contributed by atoms with Gasteiger partial charge in [0.25, 0.3) is 0 Å². The van der Waals surface area contributed by atoms with Crippen LogP contribution in [0.1, 0.15) is 17.0 Å². The van der Waals surface area contributed by atoms with Gasteiger partial charge < -0.3 is 15.6 Å². The number of nitrogens with one attached hydrogen (secondary N) is 3. The van der Waals surface area contributed by atoms with Crippen molar-refractivity contribution in [2.45, 2.75) is 5.92 Å². The fourth-order valence-corrected chi connectivity index (χ4v) is 3.38. The smallest absolute Gasteiger partial charge is 0.319 e. The molecule has 0 aliphatic heterocycles. The van der Waals surface area contributed by atoms with E-state index in [4.69, 9.17) is 0 Å². The van der Waals surface area contributed by atoms with Crippen molar-refractivity contribution in [3.05, 3.63) is 102 Å². The summed E-state index contributed by atoms with van der Waals surface area (Å²) in [6.45, 7) is 0.429. The van der Waals surface area contributed by atoms with Gasteiger partial charge >= 0.3 is 6.03 Å². The minimum Gasteiger partial charge on any atom is -0.361 e. The number of aromatic amines is 1. The van der Waals surface area contributed by atoms with Crippen LogP contribution in [0, 0.1) is 5.82 Å². The molecule has 0 aliphatic carbocycles. The third-order valence-electron chi connectivity index (χ3n) is 4.77. The fraction of sp³-hybridized carbons (Fsp3) is 0.0870. The highest BCUT2D eigenvalue weighted by atomic mass is 19.1. The number of H-pyrrole nitrogens is 1. The van der Waals surface area contributed by atoms with Crippen molar-refractivity contribution in [1.82, 2.24) is 10.3 Å². The van der Waals surface area contributed by atoms with E-state index in [0.717, 1.165) is 22.0 Å². The second-order valence-corrected chi connectivity index (χ2v) is 6.59. The van der Waals surface area contributed by atoms with Crippen molar-refractivity contribution in [1.29, 1.82) is 0 Å². The number of hydrogen-bond acceptors (Lipinski definition) is 1. The fourth-order valence-electron chi connectivity index (χ4n) is 3.38. The number of carbonyl (C=O) groups is 1. The summed E-state index contributed by atoms with van der Waals surface area (Å²) in [5.41, 5.74) is 3.86. The van der Waals surface area contributed by atoms with E-state index in [1.807, 2.05) is 42.6 Å². The standard InChI is InChI=1S/C23H20FN3O/c24-17-10-12-18(13-11-17)27-23(28)26-14-20(16-6-2-1-3-7-16)21-15-25-22-9-5-4-8-19(21)22/h1-13,15,20,25H,14H2,(H2,26,27,28)/t20-/m0/s1. The third-order valence-corrected chi connectivity index (χ3v) is 4.77. The summed E-state index contributed by atoms with van der Waals surface area (Å²) in [7, 11) is 0. The number of aromatic nitrogens is 1. The number of para-hydroxylation sites is 1. The van der Waals surface area contributed by atoms with Gasteiger partial charge in [0.1, 0.15) is 5.82 Å². The van der Waals surface area contributed by atoms with E-state index in [2.05, 4.69) is 33.8 Å². The van der Waals surface area contributed by atoms with Gasteiger partial charge in [0, 0.05) is 35.2 Å². The van der Waals surface area contributed by atoms with Crippen LogP contribution < -0.4 is 10.6 Å². The average Bonchev–Trinajstić information content (AvgIpc) is 3.15. The number of benzene rings is 3. The molecule has 5 heteroatoms. The van der Waals surface area contributed by atoms with E-state index in [1.165, 1.54) is 24.3 Å². The Morgan fingerprint density at radius 1 is 0.929 bits per heavy atom. The summed E-state index contributed by atoms with van der Waals surface area (Å²) in [5, 5.41) is 6.81. The highest BCUT2D eigenvalue weighted by Crippen LogP contribution is 2.30. The van der Waals surface area contributed by atoms with Gasteiger partial charge in [0.05, 0.1) is 0 Å². The molecule has 0 spiro atoms. The van der Waals surface area contributed by atoms with Crippen molar-refractivity contribution < 1.29 is 9.18 Å². The molecule has 4 nitrogen and oxygen atoms in total. The number of halogens is 1. The molecule has 3 N–H and O–H groups in total. The summed E-state index contributed by atoms with van der Waals surface area (Å²) in [5.74, 6) is -0.342. The molecule has 1 aromatic heterocycles. The molecule has 28 heavy (non-hydrogen) atoms. The zero-order valence-corrected chi connectivity index (χ0v) is 15.2. The number of hydrogen-bond donors (Lipinski definition) is 3. The molecule has 4 rings (SSSR count). The molecule has 0 radical (unpaired) electrons. The van der Waals surface area contributed by atoms with Crippen LogP contribution in [0.3, 0.4) is 0 Å². The van der Waals surface area contributed by atoms with Crippen LogP contribution in [-0.2, 0) is 0 Å².